The first-order valence-corrected chi connectivity index (χ1v) is 7.62. The minimum Gasteiger partial charge on any atom is -0.143 e. The molecule has 0 saturated heterocycles. The van der Waals surface area contributed by atoms with Crippen LogP contribution in [0.25, 0.3) is 31.3 Å². The number of hydrogen-bond donors (Lipinski definition) is 0. The maximum Gasteiger partial charge on any atom is 0.0349 e. The lowest BCUT2D eigenvalue weighted by atomic mass is 10.0. The zero-order valence-corrected chi connectivity index (χ0v) is 11.2. The van der Waals surface area contributed by atoms with Crippen molar-refractivity contribution in [2.24, 2.45) is 0 Å². The molecular weight excluding hydrogens is 256 g/mol. The van der Waals surface area contributed by atoms with Gasteiger partial charge >= 0.3 is 0 Å². The van der Waals surface area contributed by atoms with E-state index in [1.807, 2.05) is 22.7 Å². The number of rotatable bonds is 1. The van der Waals surface area contributed by atoms with E-state index in [2.05, 4.69) is 59.3 Å². The second kappa shape index (κ2) is 3.94. The van der Waals surface area contributed by atoms with Crippen LogP contribution in [-0.2, 0) is 0 Å². The van der Waals surface area contributed by atoms with Gasteiger partial charge in [-0.2, -0.15) is 0 Å². The fourth-order valence-corrected chi connectivity index (χ4v) is 4.29. The molecule has 18 heavy (non-hydrogen) atoms. The molecule has 2 aromatic carbocycles. The van der Waals surface area contributed by atoms with Crippen molar-refractivity contribution in [2.75, 3.05) is 0 Å². The lowest BCUT2D eigenvalue weighted by Crippen LogP contribution is -1.72. The molecule has 0 fully saturated rings. The Hall–Kier alpha value is -1.64. The zero-order valence-electron chi connectivity index (χ0n) is 9.59. The summed E-state index contributed by atoms with van der Waals surface area (Å²) in [5.74, 6) is 0. The predicted octanol–water partition coefficient (Wildman–Crippen LogP) is 5.78. The second-order valence-electron chi connectivity index (χ2n) is 4.29. The molecule has 0 atom stereocenters. The first kappa shape index (κ1) is 10.3. The number of hydrogen-bond acceptors (Lipinski definition) is 2. The average Bonchev–Trinajstić information content (AvgIpc) is 3.01. The average molecular weight is 266 g/mol. The van der Waals surface area contributed by atoms with Gasteiger partial charge in [0, 0.05) is 31.3 Å². The monoisotopic (exact) mass is 266 g/mol. The van der Waals surface area contributed by atoms with Gasteiger partial charge in [-0.05, 0) is 22.9 Å². The van der Waals surface area contributed by atoms with Crippen molar-refractivity contribution in [1.29, 1.82) is 0 Å². The molecule has 0 amide bonds. The number of fused-ring (bicyclic) bond motifs is 2. The normalized spacial score (nSPS) is 11.3. The first-order valence-electron chi connectivity index (χ1n) is 5.86. The van der Waals surface area contributed by atoms with Crippen LogP contribution in [0.15, 0.2) is 59.3 Å². The summed E-state index contributed by atoms with van der Waals surface area (Å²) in [4.78, 5) is 0. The van der Waals surface area contributed by atoms with Crippen LogP contribution >= 0.6 is 22.7 Å². The largest absolute Gasteiger partial charge is 0.143 e. The van der Waals surface area contributed by atoms with E-state index in [1.54, 1.807) is 0 Å². The Balaban J connectivity index is 2.08. The van der Waals surface area contributed by atoms with E-state index < -0.39 is 0 Å². The molecule has 4 aromatic rings. The molecule has 0 radical (unpaired) electrons. The predicted molar refractivity (Wildman–Crippen MR) is 82.6 cm³/mol. The number of thiophene rings is 2. The van der Waals surface area contributed by atoms with Gasteiger partial charge in [0.05, 0.1) is 0 Å². The van der Waals surface area contributed by atoms with E-state index in [0.717, 1.165) is 0 Å². The lowest BCUT2D eigenvalue weighted by molar-refractivity contribution is 1.82. The van der Waals surface area contributed by atoms with Gasteiger partial charge in [-0.15, -0.1) is 22.7 Å². The third-order valence-electron chi connectivity index (χ3n) is 3.25. The molecule has 0 nitrogen and oxygen atoms in total. The van der Waals surface area contributed by atoms with Gasteiger partial charge in [-0.3, -0.25) is 0 Å². The van der Waals surface area contributed by atoms with Crippen molar-refractivity contribution in [1.82, 2.24) is 0 Å². The van der Waals surface area contributed by atoms with Crippen LogP contribution in [0, 0.1) is 0 Å². The maximum absolute atomic E-state index is 2.28. The van der Waals surface area contributed by atoms with Crippen LogP contribution in [0.3, 0.4) is 0 Å². The molecule has 4 rings (SSSR count). The Morgan fingerprint density at radius 1 is 0.556 bits per heavy atom. The highest BCUT2D eigenvalue weighted by atomic mass is 32.1. The van der Waals surface area contributed by atoms with Crippen molar-refractivity contribution in [2.45, 2.75) is 0 Å². The van der Waals surface area contributed by atoms with Crippen LogP contribution in [-0.4, -0.2) is 0 Å². The molecular formula is C16H10S2. The van der Waals surface area contributed by atoms with Crippen LogP contribution in [0.1, 0.15) is 0 Å². The SMILES string of the molecule is c1ccc2c(-c3csc4ccccc34)csc2c1. The molecule has 0 spiro atoms. The van der Waals surface area contributed by atoms with Crippen molar-refractivity contribution >= 4 is 42.8 Å². The number of benzene rings is 2. The Morgan fingerprint density at radius 3 is 1.50 bits per heavy atom. The van der Waals surface area contributed by atoms with Gasteiger partial charge in [0.2, 0.25) is 0 Å². The zero-order chi connectivity index (χ0) is 11.9. The fourth-order valence-electron chi connectivity index (χ4n) is 2.37. The molecule has 0 saturated carbocycles. The Bertz CT molecular complexity index is 764. The Labute approximate surface area is 113 Å². The fraction of sp³-hybridized carbons (Fsp3) is 0. The third-order valence-corrected chi connectivity index (χ3v) is 5.18. The summed E-state index contributed by atoms with van der Waals surface area (Å²) in [6.07, 6.45) is 0. The molecule has 0 unspecified atom stereocenters. The van der Waals surface area contributed by atoms with Gasteiger partial charge in [0.25, 0.3) is 0 Å². The molecule has 86 valence electrons. The van der Waals surface area contributed by atoms with E-state index in [1.165, 1.54) is 31.3 Å². The van der Waals surface area contributed by atoms with Crippen LogP contribution in [0.2, 0.25) is 0 Å². The minimum absolute atomic E-state index is 1.36. The molecule has 0 aliphatic carbocycles. The van der Waals surface area contributed by atoms with Gasteiger partial charge in [-0.1, -0.05) is 36.4 Å². The second-order valence-corrected chi connectivity index (χ2v) is 6.11. The molecule has 0 N–H and O–H groups in total. The summed E-state index contributed by atoms with van der Waals surface area (Å²) in [6.45, 7) is 0. The van der Waals surface area contributed by atoms with E-state index in [4.69, 9.17) is 0 Å². The molecule has 2 aromatic heterocycles. The Morgan fingerprint density at radius 2 is 1.00 bits per heavy atom. The van der Waals surface area contributed by atoms with Gasteiger partial charge in [0.1, 0.15) is 0 Å². The first-order chi connectivity index (χ1) is 8.93. The maximum atomic E-state index is 2.28. The highest BCUT2D eigenvalue weighted by Gasteiger charge is 2.10. The third kappa shape index (κ3) is 1.43. The Kier molecular flexibility index (Phi) is 2.25. The van der Waals surface area contributed by atoms with Gasteiger partial charge in [0.15, 0.2) is 0 Å². The summed E-state index contributed by atoms with van der Waals surface area (Å²) in [7, 11) is 0. The van der Waals surface area contributed by atoms with E-state index >= 15 is 0 Å². The van der Waals surface area contributed by atoms with Crippen molar-refractivity contribution in [3.63, 3.8) is 0 Å². The summed E-state index contributed by atoms with van der Waals surface area (Å²) in [5, 5.41) is 7.29. The standard InChI is InChI=1S/C16H10S2/c1-3-7-15-11(5-1)13(9-17-15)14-10-18-16-8-4-2-6-12(14)16/h1-10H. The highest BCUT2D eigenvalue weighted by molar-refractivity contribution is 7.18. The van der Waals surface area contributed by atoms with Crippen LogP contribution < -0.4 is 0 Å². The lowest BCUT2D eigenvalue weighted by Gasteiger charge is -1.98. The van der Waals surface area contributed by atoms with E-state index in [0.29, 0.717) is 0 Å². The molecule has 0 aliphatic rings. The summed E-state index contributed by atoms with van der Waals surface area (Å²) < 4.78 is 2.73. The topological polar surface area (TPSA) is 0 Å². The quantitative estimate of drug-likeness (QED) is 0.409. The summed E-state index contributed by atoms with van der Waals surface area (Å²) >= 11 is 3.65. The van der Waals surface area contributed by atoms with E-state index in [-0.39, 0.29) is 0 Å². The van der Waals surface area contributed by atoms with Crippen molar-refractivity contribution < 1.29 is 0 Å². The summed E-state index contributed by atoms with van der Waals surface area (Å²) in [5.41, 5.74) is 2.74. The van der Waals surface area contributed by atoms with Gasteiger partial charge in [-0.25, -0.2) is 0 Å². The molecule has 0 bridgehead atoms. The molecule has 0 aliphatic heterocycles. The highest BCUT2D eigenvalue weighted by Crippen LogP contribution is 2.39. The van der Waals surface area contributed by atoms with Gasteiger partial charge < -0.3 is 0 Å². The van der Waals surface area contributed by atoms with Crippen molar-refractivity contribution in [3.05, 3.63) is 59.3 Å². The van der Waals surface area contributed by atoms with Crippen molar-refractivity contribution in [3.8, 4) is 11.1 Å². The van der Waals surface area contributed by atoms with E-state index in [9.17, 15) is 0 Å². The van der Waals surface area contributed by atoms with Crippen LogP contribution in [0.5, 0.6) is 0 Å². The van der Waals surface area contributed by atoms with Crippen LogP contribution in [0.4, 0.5) is 0 Å². The summed E-state index contributed by atoms with van der Waals surface area (Å²) in [6, 6.07) is 17.3. The molecule has 2 heteroatoms. The smallest absolute Gasteiger partial charge is 0.0349 e. The molecule has 2 heterocycles. The minimum atomic E-state index is 1.36.